The first-order chi connectivity index (χ1) is 29.2. The third-order valence-electron chi connectivity index (χ3n) is 18.3. The van der Waals surface area contributed by atoms with Crippen molar-refractivity contribution in [3.05, 3.63) is 154 Å². The molecule has 2 spiro atoms. The van der Waals surface area contributed by atoms with Gasteiger partial charge in [0.2, 0.25) is 0 Å². The monoisotopic (exact) mass is 756 g/mol. The average Bonchev–Trinajstić information content (AvgIpc) is 4.16. The highest BCUT2D eigenvalue weighted by Crippen LogP contribution is 2.84. The normalized spacial score (nSPS) is 25.1. The van der Waals surface area contributed by atoms with Crippen LogP contribution in [0.25, 0.3) is 130 Å². The van der Waals surface area contributed by atoms with Gasteiger partial charge in [-0.3, -0.25) is 0 Å². The number of fused-ring (bicyclic) bond motifs is 5. The van der Waals surface area contributed by atoms with Gasteiger partial charge < -0.3 is 4.57 Å². The topological polar surface area (TPSA) is 17.1 Å². The van der Waals surface area contributed by atoms with Crippen LogP contribution in [-0.4, -0.2) is 0 Å². The van der Waals surface area contributed by atoms with Gasteiger partial charge in [-0.1, -0.05) is 127 Å². The Morgan fingerprint density at radius 2 is 0.797 bits per heavy atom. The molecule has 20 rings (SSSR count). The van der Waals surface area contributed by atoms with Crippen LogP contribution in [0.15, 0.2) is 133 Å². The van der Waals surface area contributed by atoms with Crippen LogP contribution in [0.2, 0.25) is 0 Å². The zero-order valence-electron chi connectivity index (χ0n) is 31.3. The van der Waals surface area contributed by atoms with Crippen molar-refractivity contribution in [2.45, 2.75) is 17.3 Å². The van der Waals surface area contributed by atoms with Crippen LogP contribution in [0.1, 0.15) is 17.5 Å². The molecule has 0 aliphatic heterocycles. The van der Waals surface area contributed by atoms with Crippen LogP contribution in [0.3, 0.4) is 0 Å². The summed E-state index contributed by atoms with van der Waals surface area (Å²) in [6.45, 7) is 0. The smallest absolute Gasteiger partial charge is 0.167 e. The minimum atomic E-state index is -3.25. The molecule has 6 aliphatic carbocycles. The molecular weight excluding hydrogens is 732 g/mol. The predicted molar refractivity (Wildman–Crippen MR) is 246 cm³/mol. The lowest BCUT2D eigenvalue weighted by molar-refractivity contribution is 0.333. The molecule has 14 aromatic carbocycles. The summed E-state index contributed by atoms with van der Waals surface area (Å²) in [5.74, 6) is 0.301. The molecule has 0 N–H and O–H groups in total. The summed E-state index contributed by atoms with van der Waals surface area (Å²) in [6.07, 6.45) is 8.77. The van der Waals surface area contributed by atoms with E-state index in [4.69, 9.17) is 0 Å². The molecule has 1 nitrogen and oxygen atoms in total. The number of benzene rings is 10. The number of hydrogen-bond donors (Lipinski definition) is 0. The third kappa shape index (κ3) is 2.02. The third-order valence-corrected chi connectivity index (χ3v) is 21.6. The Hall–Kier alpha value is -6.53. The Kier molecular flexibility index (Phi) is 3.45. The second kappa shape index (κ2) is 7.47. The Morgan fingerprint density at radius 3 is 1.29 bits per heavy atom. The molecule has 4 unspecified atom stereocenters. The van der Waals surface area contributed by atoms with Gasteiger partial charge in [0, 0.05) is 27.4 Å². The van der Waals surface area contributed by atoms with Crippen molar-refractivity contribution in [1.82, 2.24) is 0 Å². The van der Waals surface area contributed by atoms with E-state index in [2.05, 4.69) is 127 Å². The standard InChI is InChI=1S/C57H25OP/c58-59(24-7-3-1-4-8-24,25-9-5-2-6-10-25)37-22-23-21-36(37)57-35-20-19-34-32-17-15-30-28-13-11-26-27-12-14-29-31-16-18-33(35)45-43(31)48-41(29)39(27)46-38(26)40(28)47-42(30)44(32)54(56(23,34)57)52-50(47)49(46)51(48)53(52)55(45)57/h1-20,22-23,36H,21H2. The molecule has 264 valence electrons. The Morgan fingerprint density at radius 1 is 0.407 bits per heavy atom. The van der Waals surface area contributed by atoms with Crippen molar-refractivity contribution in [2.75, 3.05) is 0 Å². The minimum absolute atomic E-state index is 0.0857. The first-order valence-corrected chi connectivity index (χ1v) is 23.2. The van der Waals surface area contributed by atoms with E-state index in [1.807, 2.05) is 0 Å². The number of allylic oxidation sites excluding steroid dienone is 4. The fourth-order valence-corrected chi connectivity index (χ4v) is 20.5. The van der Waals surface area contributed by atoms with Crippen molar-refractivity contribution >= 4 is 147 Å². The van der Waals surface area contributed by atoms with Gasteiger partial charge in [-0.2, -0.15) is 0 Å². The molecule has 4 atom stereocenters. The molecule has 0 amide bonds. The average molecular weight is 757 g/mol. The Bertz CT molecular complexity index is 4640. The second-order valence-corrected chi connectivity index (χ2v) is 22.2. The first kappa shape index (κ1) is 27.2. The van der Waals surface area contributed by atoms with E-state index in [-0.39, 0.29) is 22.7 Å². The molecule has 1 fully saturated rings. The van der Waals surface area contributed by atoms with E-state index >= 15 is 4.57 Å². The van der Waals surface area contributed by atoms with Crippen molar-refractivity contribution in [3.8, 4) is 0 Å². The number of rotatable bonds is 3. The van der Waals surface area contributed by atoms with Gasteiger partial charge in [0.1, 0.15) is 0 Å². The van der Waals surface area contributed by atoms with E-state index in [0.29, 0.717) is 0 Å². The zero-order valence-corrected chi connectivity index (χ0v) is 32.2. The maximum Gasteiger partial charge on any atom is 0.167 e. The molecule has 0 radical (unpaired) electrons. The van der Waals surface area contributed by atoms with Crippen LogP contribution in [-0.2, 0) is 15.4 Å². The number of hydrogen-bond acceptors (Lipinski definition) is 1. The van der Waals surface area contributed by atoms with Gasteiger partial charge in [0.25, 0.3) is 0 Å². The van der Waals surface area contributed by atoms with E-state index in [9.17, 15) is 0 Å². The van der Waals surface area contributed by atoms with Gasteiger partial charge in [-0.25, -0.2) is 0 Å². The molecule has 6 aliphatic rings. The largest absolute Gasteiger partial charge is 0.309 e. The Balaban J connectivity index is 1.13. The summed E-state index contributed by atoms with van der Waals surface area (Å²) in [5.41, 5.74) is 5.58. The van der Waals surface area contributed by atoms with Gasteiger partial charge in [0.05, 0.1) is 0 Å². The first-order valence-electron chi connectivity index (χ1n) is 21.5. The van der Waals surface area contributed by atoms with Gasteiger partial charge in [-0.15, -0.1) is 0 Å². The summed E-state index contributed by atoms with van der Waals surface area (Å²) in [4.78, 5) is 0. The molecular formula is C57H25OP. The van der Waals surface area contributed by atoms with Crippen LogP contribution >= 0.6 is 7.14 Å². The van der Waals surface area contributed by atoms with Crippen molar-refractivity contribution in [1.29, 1.82) is 0 Å². The zero-order chi connectivity index (χ0) is 37.1. The lowest BCUT2D eigenvalue weighted by atomic mass is 9.45. The van der Waals surface area contributed by atoms with Crippen molar-refractivity contribution in [2.24, 2.45) is 11.8 Å². The van der Waals surface area contributed by atoms with E-state index < -0.39 is 7.14 Å². The molecule has 0 aromatic heterocycles. The summed E-state index contributed by atoms with van der Waals surface area (Å²) in [7, 11) is -3.25. The van der Waals surface area contributed by atoms with Gasteiger partial charge in [0.15, 0.2) is 7.14 Å². The van der Waals surface area contributed by atoms with Crippen LogP contribution in [0, 0.1) is 11.8 Å². The summed E-state index contributed by atoms with van der Waals surface area (Å²) in [5, 5.41) is 38.9. The highest BCUT2D eigenvalue weighted by Gasteiger charge is 2.77. The van der Waals surface area contributed by atoms with Crippen molar-refractivity contribution in [3.63, 3.8) is 0 Å². The summed E-state index contributed by atoms with van der Waals surface area (Å²) < 4.78 is 16.8. The summed E-state index contributed by atoms with van der Waals surface area (Å²) in [6, 6.07) is 41.0. The van der Waals surface area contributed by atoms with E-state index in [0.717, 1.165) is 17.0 Å². The quantitative estimate of drug-likeness (QED) is 0.130. The molecule has 14 aromatic rings. The Labute approximate surface area is 333 Å². The maximum absolute atomic E-state index is 16.8. The molecule has 2 bridgehead atoms. The fraction of sp³-hybridized carbons (Fsp3) is 0.0877. The molecule has 0 saturated heterocycles. The minimum Gasteiger partial charge on any atom is -0.309 e. The van der Waals surface area contributed by atoms with E-state index in [1.54, 1.807) is 32.7 Å². The molecule has 59 heavy (non-hydrogen) atoms. The lowest BCUT2D eigenvalue weighted by Crippen LogP contribution is -2.55. The van der Waals surface area contributed by atoms with Gasteiger partial charge >= 0.3 is 0 Å². The maximum atomic E-state index is 16.8. The highest BCUT2D eigenvalue weighted by molar-refractivity contribution is 7.82. The predicted octanol–water partition coefficient (Wildman–Crippen LogP) is 11.8. The SMILES string of the molecule is O=P(C1=CC2CC1C13C4=c5ccc6c7ccc8c9ccc%10c%11ccc%12c%13c(c%14c%15c1c5c6c1c7c8c5c9c%10c(c%13%11)c%14c5c%151)C23C=%12C=C4)(c1ccccc1)c1ccccc1. The fourth-order valence-electron chi connectivity index (χ4n) is 17.3. The van der Waals surface area contributed by atoms with E-state index in [1.165, 1.54) is 124 Å². The highest BCUT2D eigenvalue weighted by atomic mass is 31.2. The molecule has 0 heterocycles. The molecule has 1 saturated carbocycles. The second-order valence-electron chi connectivity index (χ2n) is 19.4. The van der Waals surface area contributed by atoms with Crippen LogP contribution in [0.4, 0.5) is 0 Å². The van der Waals surface area contributed by atoms with Crippen LogP contribution in [0.5, 0.6) is 0 Å². The van der Waals surface area contributed by atoms with Gasteiger partial charge in [-0.05, 0) is 169 Å². The lowest BCUT2D eigenvalue weighted by Gasteiger charge is -2.57. The van der Waals surface area contributed by atoms with Crippen molar-refractivity contribution < 1.29 is 4.57 Å². The summed E-state index contributed by atoms with van der Waals surface area (Å²) >= 11 is 0. The molecule has 2 heteroatoms. The van der Waals surface area contributed by atoms with Crippen LogP contribution < -0.4 is 21.0 Å².